The number of carbonyl (C=O) groups excluding carboxylic acids is 2. The van der Waals surface area contributed by atoms with Crippen LogP contribution in [0, 0.1) is 0 Å². The van der Waals surface area contributed by atoms with E-state index < -0.39 is 20.3 Å². The molecule has 2 rings (SSSR count). The number of hydrogen-bond acceptors (Lipinski definition) is 4. The second-order valence-electron chi connectivity index (χ2n) is 8.00. The molecule has 0 saturated heterocycles. The SMILES string of the molecule is COC(=O)C1=C(C)NC(=O)NC1c1cccc(O[Si](C)(C)C(C)(C)C)c1. The summed E-state index contributed by atoms with van der Waals surface area (Å²) in [5.41, 5.74) is 1.65. The molecule has 26 heavy (non-hydrogen) atoms. The Morgan fingerprint density at radius 1 is 1.23 bits per heavy atom. The third kappa shape index (κ3) is 4.09. The molecule has 1 aromatic carbocycles. The van der Waals surface area contributed by atoms with Crippen LogP contribution in [0.5, 0.6) is 5.75 Å². The molecule has 7 heteroatoms. The molecule has 0 radical (unpaired) electrons. The van der Waals surface area contributed by atoms with E-state index >= 15 is 0 Å². The van der Waals surface area contributed by atoms with Gasteiger partial charge in [0, 0.05) is 5.70 Å². The van der Waals surface area contributed by atoms with E-state index in [0.29, 0.717) is 11.3 Å². The number of allylic oxidation sites excluding steroid dienone is 1. The number of ether oxygens (including phenoxy) is 1. The third-order valence-corrected chi connectivity index (χ3v) is 9.40. The topological polar surface area (TPSA) is 76.7 Å². The lowest BCUT2D eigenvalue weighted by atomic mass is 9.95. The summed E-state index contributed by atoms with van der Waals surface area (Å²) < 4.78 is 11.2. The van der Waals surface area contributed by atoms with E-state index in [1.54, 1.807) is 6.92 Å². The van der Waals surface area contributed by atoms with Crippen LogP contribution in [-0.2, 0) is 9.53 Å². The van der Waals surface area contributed by atoms with Gasteiger partial charge in [0.1, 0.15) is 5.75 Å². The fourth-order valence-electron chi connectivity index (χ4n) is 2.53. The van der Waals surface area contributed by atoms with Crippen LogP contribution < -0.4 is 15.1 Å². The van der Waals surface area contributed by atoms with E-state index in [1.165, 1.54) is 7.11 Å². The summed E-state index contributed by atoms with van der Waals surface area (Å²) in [6, 6.07) is 6.59. The van der Waals surface area contributed by atoms with Gasteiger partial charge in [0.15, 0.2) is 0 Å². The summed E-state index contributed by atoms with van der Waals surface area (Å²) in [6.45, 7) is 12.6. The molecule has 142 valence electrons. The van der Waals surface area contributed by atoms with Crippen molar-refractivity contribution in [2.75, 3.05) is 7.11 Å². The van der Waals surface area contributed by atoms with Crippen LogP contribution in [0.1, 0.15) is 39.3 Å². The van der Waals surface area contributed by atoms with Crippen LogP contribution in [0.4, 0.5) is 4.79 Å². The minimum atomic E-state index is -1.99. The molecule has 2 amide bonds. The predicted octanol–water partition coefficient (Wildman–Crippen LogP) is 3.87. The van der Waals surface area contributed by atoms with Gasteiger partial charge < -0.3 is 19.8 Å². The van der Waals surface area contributed by atoms with E-state index in [4.69, 9.17) is 9.16 Å². The van der Waals surface area contributed by atoms with Gasteiger partial charge in [-0.2, -0.15) is 0 Å². The second kappa shape index (κ2) is 7.15. The molecule has 6 nitrogen and oxygen atoms in total. The number of methoxy groups -OCH3 is 1. The van der Waals surface area contributed by atoms with Crippen molar-refractivity contribution < 1.29 is 18.8 Å². The first-order chi connectivity index (χ1) is 12.0. The first-order valence-electron chi connectivity index (χ1n) is 8.62. The highest BCUT2D eigenvalue weighted by molar-refractivity contribution is 6.74. The van der Waals surface area contributed by atoms with Crippen molar-refractivity contribution >= 4 is 20.3 Å². The molecule has 1 unspecified atom stereocenters. The Hall–Kier alpha value is -2.28. The Kier molecular flexibility index (Phi) is 5.51. The average molecular weight is 377 g/mol. The number of esters is 1. The van der Waals surface area contributed by atoms with Crippen molar-refractivity contribution in [2.24, 2.45) is 0 Å². The Morgan fingerprint density at radius 3 is 2.46 bits per heavy atom. The van der Waals surface area contributed by atoms with Crippen molar-refractivity contribution in [2.45, 2.75) is 51.9 Å². The molecule has 0 fully saturated rings. The zero-order chi connectivity index (χ0) is 19.7. The number of benzene rings is 1. The quantitative estimate of drug-likeness (QED) is 0.618. The van der Waals surface area contributed by atoms with Crippen LogP contribution in [0.15, 0.2) is 35.5 Å². The predicted molar refractivity (Wildman–Crippen MR) is 103 cm³/mol. The lowest BCUT2D eigenvalue weighted by molar-refractivity contribution is -0.136. The Morgan fingerprint density at radius 2 is 1.88 bits per heavy atom. The molecule has 0 saturated carbocycles. The van der Waals surface area contributed by atoms with Crippen LogP contribution in [0.3, 0.4) is 0 Å². The molecule has 0 spiro atoms. The summed E-state index contributed by atoms with van der Waals surface area (Å²) in [4.78, 5) is 24.1. The van der Waals surface area contributed by atoms with Gasteiger partial charge in [0.2, 0.25) is 8.32 Å². The molecule has 1 atom stereocenters. The highest BCUT2D eigenvalue weighted by atomic mass is 28.4. The normalized spacial score (nSPS) is 18.1. The van der Waals surface area contributed by atoms with Gasteiger partial charge in [0.05, 0.1) is 18.7 Å². The van der Waals surface area contributed by atoms with Gasteiger partial charge in [-0.15, -0.1) is 0 Å². The first-order valence-corrected chi connectivity index (χ1v) is 11.5. The molecule has 0 bridgehead atoms. The van der Waals surface area contributed by atoms with Crippen LogP contribution in [0.25, 0.3) is 0 Å². The zero-order valence-electron chi connectivity index (χ0n) is 16.5. The highest BCUT2D eigenvalue weighted by Crippen LogP contribution is 2.38. The van der Waals surface area contributed by atoms with Crippen LogP contribution >= 0.6 is 0 Å². The molecule has 1 heterocycles. The lowest BCUT2D eigenvalue weighted by Crippen LogP contribution is -2.45. The monoisotopic (exact) mass is 376 g/mol. The van der Waals surface area contributed by atoms with Crippen molar-refractivity contribution in [1.29, 1.82) is 0 Å². The van der Waals surface area contributed by atoms with Gasteiger partial charge in [-0.05, 0) is 42.8 Å². The summed E-state index contributed by atoms with van der Waals surface area (Å²) in [5.74, 6) is 0.263. The average Bonchev–Trinajstić information content (AvgIpc) is 2.52. The molecule has 0 aromatic heterocycles. The fourth-order valence-corrected chi connectivity index (χ4v) is 3.55. The van der Waals surface area contributed by atoms with Crippen LogP contribution in [0.2, 0.25) is 18.1 Å². The molecule has 1 aliphatic heterocycles. The summed E-state index contributed by atoms with van der Waals surface area (Å²) in [6.07, 6.45) is 0. The van der Waals surface area contributed by atoms with Gasteiger partial charge in [0.25, 0.3) is 0 Å². The van der Waals surface area contributed by atoms with E-state index in [1.807, 2.05) is 24.3 Å². The largest absolute Gasteiger partial charge is 0.543 e. The van der Waals surface area contributed by atoms with Crippen molar-refractivity contribution in [3.05, 3.63) is 41.1 Å². The maximum Gasteiger partial charge on any atom is 0.337 e. The number of hydrogen-bond donors (Lipinski definition) is 2. The Balaban J connectivity index is 2.41. The Labute approximate surface area is 156 Å². The summed E-state index contributed by atoms with van der Waals surface area (Å²) in [5, 5.41) is 5.49. The zero-order valence-corrected chi connectivity index (χ0v) is 17.5. The van der Waals surface area contributed by atoms with Crippen LogP contribution in [-0.4, -0.2) is 27.4 Å². The smallest absolute Gasteiger partial charge is 0.337 e. The van der Waals surface area contributed by atoms with Crippen molar-refractivity contribution in [3.8, 4) is 5.75 Å². The second-order valence-corrected chi connectivity index (χ2v) is 12.7. The van der Waals surface area contributed by atoms with E-state index in [9.17, 15) is 9.59 Å². The third-order valence-electron chi connectivity index (χ3n) is 5.05. The maximum absolute atomic E-state index is 12.2. The van der Waals surface area contributed by atoms with Gasteiger partial charge >= 0.3 is 12.0 Å². The molecular formula is C19H28N2O4Si. The Bertz CT molecular complexity index is 750. The molecule has 1 aliphatic rings. The van der Waals surface area contributed by atoms with Gasteiger partial charge in [-0.1, -0.05) is 32.9 Å². The maximum atomic E-state index is 12.2. The lowest BCUT2D eigenvalue weighted by Gasteiger charge is -2.36. The first kappa shape index (κ1) is 20.0. The van der Waals surface area contributed by atoms with Crippen molar-refractivity contribution in [1.82, 2.24) is 10.6 Å². The van der Waals surface area contributed by atoms with E-state index in [0.717, 1.165) is 11.3 Å². The summed E-state index contributed by atoms with van der Waals surface area (Å²) >= 11 is 0. The number of amides is 2. The fraction of sp³-hybridized carbons (Fsp3) is 0.474. The van der Waals surface area contributed by atoms with E-state index in [2.05, 4.69) is 44.5 Å². The molecule has 0 aliphatic carbocycles. The minimum Gasteiger partial charge on any atom is -0.543 e. The molecule has 2 N–H and O–H groups in total. The molecular weight excluding hydrogens is 348 g/mol. The van der Waals surface area contributed by atoms with E-state index in [-0.39, 0.29) is 11.1 Å². The van der Waals surface area contributed by atoms with Gasteiger partial charge in [-0.3, -0.25) is 0 Å². The minimum absolute atomic E-state index is 0.0691. The number of nitrogens with one attached hydrogen (secondary N) is 2. The van der Waals surface area contributed by atoms with Gasteiger partial charge in [-0.25, -0.2) is 9.59 Å². The molecule has 1 aromatic rings. The standard InChI is InChI=1S/C19H28N2O4Si/c1-12-15(17(22)24-5)16(21-18(23)20-12)13-9-8-10-14(11-13)25-26(6,7)19(2,3)4/h8-11,16H,1-7H3,(H2,20,21,23). The highest BCUT2D eigenvalue weighted by Gasteiger charge is 2.39. The van der Waals surface area contributed by atoms with Crippen molar-refractivity contribution in [3.63, 3.8) is 0 Å². The number of urea groups is 1. The number of carbonyl (C=O) groups is 2. The number of rotatable bonds is 4. The summed E-state index contributed by atoms with van der Waals surface area (Å²) in [7, 11) is -0.668.